The van der Waals surface area contributed by atoms with Gasteiger partial charge in [-0.2, -0.15) is 0 Å². The Morgan fingerprint density at radius 1 is 1.12 bits per heavy atom. The van der Waals surface area contributed by atoms with Crippen molar-refractivity contribution in [3.05, 3.63) is 0 Å². The van der Waals surface area contributed by atoms with Crippen LogP contribution in [0.4, 0.5) is 0 Å². The van der Waals surface area contributed by atoms with Crippen LogP contribution in [0.1, 0.15) is 46.5 Å². The van der Waals surface area contributed by atoms with Crippen LogP contribution in [-0.4, -0.2) is 80.7 Å². The summed E-state index contributed by atoms with van der Waals surface area (Å²) in [5.74, 6) is 0.799. The van der Waals surface area contributed by atoms with Crippen LogP contribution in [0.25, 0.3) is 0 Å². The Hall–Kier alpha value is -0.860. The molecule has 2 rings (SSSR count). The molecule has 7 nitrogen and oxygen atoms in total. The minimum absolute atomic E-state index is 0.0609. The second-order valence-corrected chi connectivity index (χ2v) is 8.94. The summed E-state index contributed by atoms with van der Waals surface area (Å²) < 4.78 is 26.0. The zero-order valence-corrected chi connectivity index (χ0v) is 16.8. The molecule has 0 aromatic rings. The molecule has 0 aromatic heterocycles. The smallest absolute Gasteiger partial charge is 0.215 e. The molecule has 0 bridgehead atoms. The van der Waals surface area contributed by atoms with Gasteiger partial charge in [-0.25, -0.2) is 12.7 Å². The van der Waals surface area contributed by atoms with E-state index < -0.39 is 10.0 Å². The van der Waals surface area contributed by atoms with E-state index in [0.717, 1.165) is 44.5 Å². The van der Waals surface area contributed by atoms with Crippen LogP contribution in [-0.2, 0) is 10.0 Å². The van der Waals surface area contributed by atoms with Gasteiger partial charge in [-0.05, 0) is 32.6 Å². The highest BCUT2D eigenvalue weighted by Crippen LogP contribution is 2.29. The van der Waals surface area contributed by atoms with E-state index in [1.54, 1.807) is 0 Å². The molecule has 1 saturated carbocycles. The molecule has 1 aliphatic carbocycles. The summed E-state index contributed by atoms with van der Waals surface area (Å²) in [6.45, 7) is 10.1. The number of rotatable bonds is 9. The van der Waals surface area contributed by atoms with Crippen molar-refractivity contribution in [2.75, 3.05) is 45.0 Å². The Bertz CT molecular complexity index is 521. The van der Waals surface area contributed by atoms with Crippen molar-refractivity contribution < 1.29 is 8.42 Å². The van der Waals surface area contributed by atoms with E-state index in [4.69, 9.17) is 0 Å². The van der Waals surface area contributed by atoms with E-state index in [9.17, 15) is 8.42 Å². The van der Waals surface area contributed by atoms with Crippen molar-refractivity contribution >= 4 is 16.0 Å². The van der Waals surface area contributed by atoms with Gasteiger partial charge in [0, 0.05) is 44.8 Å². The second kappa shape index (κ2) is 9.73. The highest BCUT2D eigenvalue weighted by atomic mass is 32.2. The molecule has 2 fully saturated rings. The fraction of sp³-hybridized carbons (Fsp3) is 0.941. The third kappa shape index (κ3) is 6.42. The van der Waals surface area contributed by atoms with Crippen molar-refractivity contribution in [2.45, 2.75) is 58.5 Å². The van der Waals surface area contributed by atoms with E-state index in [-0.39, 0.29) is 12.3 Å². The van der Waals surface area contributed by atoms with E-state index in [2.05, 4.69) is 20.5 Å². The molecule has 25 heavy (non-hydrogen) atoms. The zero-order chi connectivity index (χ0) is 18.3. The minimum atomic E-state index is -3.21. The number of hydrogen-bond acceptors (Lipinski definition) is 4. The fourth-order valence-corrected chi connectivity index (χ4v) is 4.75. The number of likely N-dealkylation sites (tertiary alicyclic amines) is 1. The third-order valence-electron chi connectivity index (χ3n) is 5.00. The number of aliphatic imine (C=N–C) groups is 1. The maximum absolute atomic E-state index is 12.2. The SMILES string of the molecule is CCNC(=NCCS(=O)(=O)N(CC)CC)NC1CCN(C2CC2)CC1. The van der Waals surface area contributed by atoms with Crippen LogP contribution in [0, 0.1) is 0 Å². The lowest BCUT2D eigenvalue weighted by molar-refractivity contribution is 0.197. The lowest BCUT2D eigenvalue weighted by Gasteiger charge is -2.33. The first-order valence-electron chi connectivity index (χ1n) is 9.76. The van der Waals surface area contributed by atoms with E-state index in [0.29, 0.717) is 19.1 Å². The number of nitrogens with one attached hydrogen (secondary N) is 2. The molecule has 8 heteroatoms. The van der Waals surface area contributed by atoms with Gasteiger partial charge >= 0.3 is 0 Å². The van der Waals surface area contributed by atoms with Crippen molar-refractivity contribution in [2.24, 2.45) is 4.99 Å². The first-order chi connectivity index (χ1) is 12.0. The van der Waals surface area contributed by atoms with Gasteiger partial charge in [-0.3, -0.25) is 4.99 Å². The van der Waals surface area contributed by atoms with Crippen LogP contribution in [0.2, 0.25) is 0 Å². The van der Waals surface area contributed by atoms with Crippen molar-refractivity contribution in [1.29, 1.82) is 0 Å². The van der Waals surface area contributed by atoms with Gasteiger partial charge in [-0.1, -0.05) is 13.8 Å². The summed E-state index contributed by atoms with van der Waals surface area (Å²) in [5, 5.41) is 6.72. The number of piperidine rings is 1. The van der Waals surface area contributed by atoms with Crippen LogP contribution in [0.5, 0.6) is 0 Å². The summed E-state index contributed by atoms with van der Waals surface area (Å²) >= 11 is 0. The summed E-state index contributed by atoms with van der Waals surface area (Å²) in [7, 11) is -3.21. The maximum Gasteiger partial charge on any atom is 0.215 e. The Kier molecular flexibility index (Phi) is 7.96. The first-order valence-corrected chi connectivity index (χ1v) is 11.4. The molecular weight excluding hydrogens is 338 g/mol. The lowest BCUT2D eigenvalue weighted by atomic mass is 10.1. The molecule has 2 N–H and O–H groups in total. The molecule has 0 amide bonds. The summed E-state index contributed by atoms with van der Waals surface area (Å²) in [6.07, 6.45) is 4.98. The van der Waals surface area contributed by atoms with Gasteiger partial charge in [0.1, 0.15) is 0 Å². The normalized spacial score (nSPS) is 20.9. The first kappa shape index (κ1) is 20.5. The molecule has 0 unspecified atom stereocenters. The zero-order valence-electron chi connectivity index (χ0n) is 16.0. The van der Waals surface area contributed by atoms with Crippen LogP contribution < -0.4 is 10.6 Å². The number of guanidine groups is 1. The standard InChI is InChI=1S/C17H35N5O2S/c1-4-18-17(19-11-14-25(23,24)22(5-2)6-3)20-15-9-12-21(13-10-15)16-7-8-16/h15-16H,4-14H2,1-3H3,(H2,18,19,20). The monoisotopic (exact) mass is 373 g/mol. The quantitative estimate of drug-likeness (QED) is 0.463. The lowest BCUT2D eigenvalue weighted by Crippen LogP contribution is -2.49. The Morgan fingerprint density at radius 2 is 1.76 bits per heavy atom. The minimum Gasteiger partial charge on any atom is -0.357 e. The molecule has 0 aromatic carbocycles. The molecule has 0 spiro atoms. The Balaban J connectivity index is 1.81. The van der Waals surface area contributed by atoms with Gasteiger partial charge in [-0.15, -0.1) is 0 Å². The molecule has 0 atom stereocenters. The van der Waals surface area contributed by atoms with Crippen LogP contribution in [0.15, 0.2) is 4.99 Å². The van der Waals surface area contributed by atoms with Gasteiger partial charge in [0.15, 0.2) is 5.96 Å². The van der Waals surface area contributed by atoms with Gasteiger partial charge < -0.3 is 15.5 Å². The molecule has 146 valence electrons. The number of sulfonamides is 1. The van der Waals surface area contributed by atoms with Crippen LogP contribution >= 0.6 is 0 Å². The molecule has 1 heterocycles. The summed E-state index contributed by atoms with van der Waals surface area (Å²) in [6, 6.07) is 1.26. The average molecular weight is 374 g/mol. The molecule has 1 saturated heterocycles. The van der Waals surface area contributed by atoms with Gasteiger partial charge in [0.2, 0.25) is 10.0 Å². The number of hydrogen-bond donors (Lipinski definition) is 2. The van der Waals surface area contributed by atoms with Crippen molar-refractivity contribution in [3.63, 3.8) is 0 Å². The predicted molar refractivity (Wildman–Crippen MR) is 103 cm³/mol. The topological polar surface area (TPSA) is 77.0 Å². The Labute approximate surface area is 153 Å². The molecule has 1 aliphatic heterocycles. The molecule has 0 radical (unpaired) electrons. The largest absolute Gasteiger partial charge is 0.357 e. The number of nitrogens with zero attached hydrogens (tertiary/aromatic N) is 3. The average Bonchev–Trinajstić information content (AvgIpc) is 3.41. The molecule has 2 aliphatic rings. The third-order valence-corrected chi connectivity index (χ3v) is 7.00. The second-order valence-electron chi connectivity index (χ2n) is 6.85. The van der Waals surface area contributed by atoms with E-state index in [1.165, 1.54) is 17.1 Å². The predicted octanol–water partition coefficient (Wildman–Crippen LogP) is 0.840. The van der Waals surface area contributed by atoms with E-state index in [1.807, 2.05) is 20.8 Å². The van der Waals surface area contributed by atoms with Crippen molar-refractivity contribution in [1.82, 2.24) is 19.8 Å². The van der Waals surface area contributed by atoms with Gasteiger partial charge in [0.05, 0.1) is 12.3 Å². The van der Waals surface area contributed by atoms with Crippen LogP contribution in [0.3, 0.4) is 0 Å². The molecular formula is C17H35N5O2S. The van der Waals surface area contributed by atoms with Crippen molar-refractivity contribution in [3.8, 4) is 0 Å². The Morgan fingerprint density at radius 3 is 2.28 bits per heavy atom. The summed E-state index contributed by atoms with van der Waals surface area (Å²) in [5.41, 5.74) is 0. The highest BCUT2D eigenvalue weighted by molar-refractivity contribution is 7.89. The highest BCUT2D eigenvalue weighted by Gasteiger charge is 2.31. The van der Waals surface area contributed by atoms with Gasteiger partial charge in [0.25, 0.3) is 0 Å². The fourth-order valence-electron chi connectivity index (χ4n) is 3.38. The maximum atomic E-state index is 12.2. The summed E-state index contributed by atoms with van der Waals surface area (Å²) in [4.78, 5) is 7.08. The van der Waals surface area contributed by atoms with E-state index >= 15 is 0 Å².